The summed E-state index contributed by atoms with van der Waals surface area (Å²) in [5, 5.41) is 4.16. The van der Waals surface area contributed by atoms with E-state index in [-0.39, 0.29) is 6.79 Å². The van der Waals surface area contributed by atoms with Gasteiger partial charge in [-0.3, -0.25) is 0 Å². The normalized spacial score (nSPS) is 21.1. The van der Waals surface area contributed by atoms with Crippen LogP contribution in [0.4, 0.5) is 5.69 Å². The first-order valence-corrected chi connectivity index (χ1v) is 6.32. The van der Waals surface area contributed by atoms with Crippen LogP contribution in [-0.2, 0) is 0 Å². The molecule has 92 valence electrons. The van der Waals surface area contributed by atoms with Crippen molar-refractivity contribution in [2.24, 2.45) is 5.41 Å². The minimum Gasteiger partial charge on any atom is -0.454 e. The van der Waals surface area contributed by atoms with Gasteiger partial charge in [0.2, 0.25) is 6.79 Å². The maximum atomic E-state index is 6.22. The first kappa shape index (κ1) is 11.0. The maximum Gasteiger partial charge on any atom is 0.231 e. The molecule has 1 unspecified atom stereocenters. The highest BCUT2D eigenvalue weighted by Gasteiger charge is 2.42. The van der Waals surface area contributed by atoms with E-state index in [1.54, 1.807) is 0 Å². The highest BCUT2D eigenvalue weighted by molar-refractivity contribution is 6.33. The van der Waals surface area contributed by atoms with E-state index in [9.17, 15) is 0 Å². The molecule has 3 nitrogen and oxygen atoms in total. The highest BCUT2D eigenvalue weighted by atomic mass is 35.5. The monoisotopic (exact) mass is 253 g/mol. The summed E-state index contributed by atoms with van der Waals surface area (Å²) >= 11 is 6.22. The number of hydrogen-bond donors (Lipinski definition) is 1. The Morgan fingerprint density at radius 3 is 2.59 bits per heavy atom. The Bertz CT molecular complexity index is 457. The zero-order valence-electron chi connectivity index (χ0n) is 10.0. The van der Waals surface area contributed by atoms with Gasteiger partial charge in [-0.05, 0) is 25.2 Å². The molecule has 1 aliphatic carbocycles. The molecule has 0 spiro atoms. The average molecular weight is 254 g/mol. The van der Waals surface area contributed by atoms with Crippen LogP contribution in [0.25, 0.3) is 0 Å². The summed E-state index contributed by atoms with van der Waals surface area (Å²) in [6.07, 6.45) is 2.56. The number of nitrogens with one attached hydrogen (secondary N) is 1. The third-order valence-electron chi connectivity index (χ3n) is 3.92. The second-order valence-corrected chi connectivity index (χ2v) is 5.61. The molecule has 0 aromatic heterocycles. The van der Waals surface area contributed by atoms with Crippen LogP contribution >= 0.6 is 11.6 Å². The number of hydrogen-bond acceptors (Lipinski definition) is 3. The van der Waals surface area contributed by atoms with Gasteiger partial charge in [0.05, 0.1) is 10.7 Å². The molecular formula is C13H16ClNO2. The van der Waals surface area contributed by atoms with Crippen LogP contribution in [0.15, 0.2) is 12.1 Å². The molecule has 1 fully saturated rings. The van der Waals surface area contributed by atoms with Crippen LogP contribution in [0.3, 0.4) is 0 Å². The first-order valence-electron chi connectivity index (χ1n) is 5.94. The van der Waals surface area contributed by atoms with Crippen molar-refractivity contribution in [3.8, 4) is 11.5 Å². The van der Waals surface area contributed by atoms with E-state index < -0.39 is 0 Å². The summed E-state index contributed by atoms with van der Waals surface area (Å²) in [6, 6.07) is 4.15. The molecule has 17 heavy (non-hydrogen) atoms. The van der Waals surface area contributed by atoms with Crippen LogP contribution in [0.2, 0.25) is 5.02 Å². The van der Waals surface area contributed by atoms with Gasteiger partial charge in [-0.2, -0.15) is 0 Å². The second kappa shape index (κ2) is 3.70. The lowest BCUT2D eigenvalue weighted by Crippen LogP contribution is -2.25. The quantitative estimate of drug-likeness (QED) is 0.892. The summed E-state index contributed by atoms with van der Waals surface area (Å²) in [5.74, 6) is 1.50. The third kappa shape index (κ3) is 1.93. The van der Waals surface area contributed by atoms with E-state index in [0.29, 0.717) is 16.5 Å². The molecule has 1 aromatic rings. The SMILES string of the molecule is CC(Nc1cc2c(cc1Cl)OCO2)C1(C)CC1. The minimum atomic E-state index is 0.280. The van der Waals surface area contributed by atoms with Crippen molar-refractivity contribution in [2.75, 3.05) is 12.1 Å². The molecule has 1 aliphatic heterocycles. The second-order valence-electron chi connectivity index (χ2n) is 5.21. The van der Waals surface area contributed by atoms with Gasteiger partial charge in [-0.25, -0.2) is 0 Å². The fourth-order valence-corrected chi connectivity index (χ4v) is 2.27. The van der Waals surface area contributed by atoms with Crippen molar-refractivity contribution in [1.82, 2.24) is 0 Å². The Labute approximate surface area is 106 Å². The predicted octanol–water partition coefficient (Wildman–Crippen LogP) is 3.67. The van der Waals surface area contributed by atoms with Crippen LogP contribution in [0.5, 0.6) is 11.5 Å². The summed E-state index contributed by atoms with van der Waals surface area (Å²) in [6.45, 7) is 4.78. The summed E-state index contributed by atoms with van der Waals surface area (Å²) < 4.78 is 10.6. The molecule has 1 saturated carbocycles. The Kier molecular flexibility index (Phi) is 2.40. The standard InChI is InChI=1S/C13H16ClNO2/c1-8(13(2)3-4-13)15-10-6-12-11(5-9(10)14)16-7-17-12/h5-6,8,15H,3-4,7H2,1-2H3. The molecule has 1 N–H and O–H groups in total. The molecule has 0 radical (unpaired) electrons. The molecule has 4 heteroatoms. The average Bonchev–Trinajstić information content (AvgIpc) is 2.88. The first-order chi connectivity index (χ1) is 8.08. The zero-order valence-corrected chi connectivity index (χ0v) is 10.8. The van der Waals surface area contributed by atoms with Gasteiger partial charge in [0, 0.05) is 18.2 Å². The summed E-state index contributed by atoms with van der Waals surface area (Å²) in [7, 11) is 0. The van der Waals surface area contributed by atoms with E-state index in [1.807, 2.05) is 12.1 Å². The van der Waals surface area contributed by atoms with E-state index in [2.05, 4.69) is 19.2 Å². The minimum absolute atomic E-state index is 0.280. The summed E-state index contributed by atoms with van der Waals surface area (Å²) in [4.78, 5) is 0. The van der Waals surface area contributed by atoms with Crippen molar-refractivity contribution in [1.29, 1.82) is 0 Å². The van der Waals surface area contributed by atoms with Gasteiger partial charge >= 0.3 is 0 Å². The van der Waals surface area contributed by atoms with Crippen molar-refractivity contribution < 1.29 is 9.47 Å². The zero-order chi connectivity index (χ0) is 12.0. The lowest BCUT2D eigenvalue weighted by molar-refractivity contribution is 0.174. The van der Waals surface area contributed by atoms with Crippen LogP contribution in [0, 0.1) is 5.41 Å². The summed E-state index contributed by atoms with van der Waals surface area (Å²) in [5.41, 5.74) is 1.34. The van der Waals surface area contributed by atoms with E-state index in [1.165, 1.54) is 12.8 Å². The number of fused-ring (bicyclic) bond motifs is 1. The van der Waals surface area contributed by atoms with Crippen LogP contribution < -0.4 is 14.8 Å². The highest BCUT2D eigenvalue weighted by Crippen LogP contribution is 2.49. The van der Waals surface area contributed by atoms with Crippen molar-refractivity contribution in [3.63, 3.8) is 0 Å². The fourth-order valence-electron chi connectivity index (χ4n) is 2.07. The van der Waals surface area contributed by atoms with Crippen LogP contribution in [0.1, 0.15) is 26.7 Å². The number of halogens is 1. The van der Waals surface area contributed by atoms with E-state index in [4.69, 9.17) is 21.1 Å². The Hall–Kier alpha value is -1.09. The van der Waals surface area contributed by atoms with Gasteiger partial charge in [-0.15, -0.1) is 0 Å². The molecule has 1 heterocycles. The number of ether oxygens (including phenoxy) is 2. The maximum absolute atomic E-state index is 6.22. The van der Waals surface area contributed by atoms with Gasteiger partial charge in [-0.1, -0.05) is 18.5 Å². The Morgan fingerprint density at radius 2 is 1.94 bits per heavy atom. The lowest BCUT2D eigenvalue weighted by Gasteiger charge is -2.22. The van der Waals surface area contributed by atoms with E-state index in [0.717, 1.165) is 17.2 Å². The van der Waals surface area contributed by atoms with Crippen molar-refractivity contribution in [2.45, 2.75) is 32.7 Å². The predicted molar refractivity (Wildman–Crippen MR) is 68.0 cm³/mol. The molecule has 1 atom stereocenters. The molecule has 0 amide bonds. The van der Waals surface area contributed by atoms with Crippen molar-refractivity contribution >= 4 is 17.3 Å². The smallest absolute Gasteiger partial charge is 0.231 e. The topological polar surface area (TPSA) is 30.5 Å². The number of benzene rings is 1. The largest absolute Gasteiger partial charge is 0.454 e. The Morgan fingerprint density at radius 1 is 1.29 bits per heavy atom. The number of anilines is 1. The van der Waals surface area contributed by atoms with E-state index >= 15 is 0 Å². The molecule has 3 rings (SSSR count). The van der Waals surface area contributed by atoms with Crippen molar-refractivity contribution in [3.05, 3.63) is 17.2 Å². The number of rotatable bonds is 3. The molecule has 0 saturated heterocycles. The fraction of sp³-hybridized carbons (Fsp3) is 0.538. The molecule has 2 aliphatic rings. The molecule has 1 aromatic carbocycles. The van der Waals surface area contributed by atoms with Gasteiger partial charge in [0.15, 0.2) is 11.5 Å². The van der Waals surface area contributed by atoms with Gasteiger partial charge in [0.1, 0.15) is 0 Å². The molecular weight excluding hydrogens is 238 g/mol. The lowest BCUT2D eigenvalue weighted by atomic mass is 10.0. The van der Waals surface area contributed by atoms with Gasteiger partial charge < -0.3 is 14.8 Å². The van der Waals surface area contributed by atoms with Gasteiger partial charge in [0.25, 0.3) is 0 Å². The van der Waals surface area contributed by atoms with Crippen LogP contribution in [-0.4, -0.2) is 12.8 Å². The third-order valence-corrected chi connectivity index (χ3v) is 4.23. The molecule has 0 bridgehead atoms. The Balaban J connectivity index is 1.83.